The first-order valence-electron chi connectivity index (χ1n) is 10.6. The Balaban J connectivity index is 2.11. The Morgan fingerprint density at radius 2 is 1.59 bits per heavy atom. The fraction of sp³-hybridized carbons (Fsp3) is 0.385. The van der Waals surface area contributed by atoms with E-state index in [9.17, 15) is 9.59 Å². The minimum Gasteiger partial charge on any atom is -0.497 e. The average molecular weight is 437 g/mol. The monoisotopic (exact) mass is 436 g/mol. The van der Waals surface area contributed by atoms with Gasteiger partial charge in [-0.3, -0.25) is 9.59 Å². The van der Waals surface area contributed by atoms with E-state index in [1.807, 2.05) is 30.3 Å². The molecule has 3 rings (SSSR count). The molecule has 0 N–H and O–H groups in total. The largest absolute Gasteiger partial charge is 0.497 e. The van der Waals surface area contributed by atoms with Gasteiger partial charge in [-0.1, -0.05) is 42.2 Å². The highest BCUT2D eigenvalue weighted by molar-refractivity contribution is 6.01. The zero-order valence-corrected chi connectivity index (χ0v) is 18.8. The van der Waals surface area contributed by atoms with Crippen LogP contribution in [0.15, 0.2) is 54.6 Å². The van der Waals surface area contributed by atoms with Crippen LogP contribution in [-0.4, -0.2) is 37.9 Å². The SMILES string of the molecule is CCOC(=O)C1(C(=O)OCC)C[C@@](C)(C#Cc2ccccc2)O[C@@H]1c1ccc(OC)cc1. The molecule has 0 spiro atoms. The number of carbonyl (C=O) groups excluding carboxylic acids is 2. The van der Waals surface area contributed by atoms with E-state index in [4.69, 9.17) is 18.9 Å². The summed E-state index contributed by atoms with van der Waals surface area (Å²) in [6.45, 7) is 5.43. The van der Waals surface area contributed by atoms with Crippen LogP contribution in [0, 0.1) is 17.3 Å². The van der Waals surface area contributed by atoms with Crippen LogP contribution in [0.25, 0.3) is 0 Å². The molecule has 1 aliphatic heterocycles. The van der Waals surface area contributed by atoms with Crippen molar-refractivity contribution in [2.24, 2.45) is 5.41 Å². The number of benzene rings is 2. The molecule has 2 aromatic carbocycles. The van der Waals surface area contributed by atoms with Crippen molar-refractivity contribution >= 4 is 11.9 Å². The molecule has 0 unspecified atom stereocenters. The van der Waals surface area contributed by atoms with Crippen molar-refractivity contribution in [1.82, 2.24) is 0 Å². The van der Waals surface area contributed by atoms with E-state index in [0.717, 1.165) is 5.56 Å². The Labute approximate surface area is 188 Å². The van der Waals surface area contributed by atoms with Gasteiger partial charge in [-0.25, -0.2) is 0 Å². The molecule has 0 aromatic heterocycles. The maximum atomic E-state index is 13.3. The maximum absolute atomic E-state index is 13.3. The van der Waals surface area contributed by atoms with Gasteiger partial charge in [0.15, 0.2) is 5.41 Å². The van der Waals surface area contributed by atoms with Gasteiger partial charge < -0.3 is 18.9 Å². The molecule has 0 saturated carbocycles. The molecular weight excluding hydrogens is 408 g/mol. The summed E-state index contributed by atoms with van der Waals surface area (Å²) in [5.74, 6) is 5.53. The topological polar surface area (TPSA) is 71.1 Å². The molecule has 1 aliphatic rings. The zero-order valence-electron chi connectivity index (χ0n) is 18.8. The Kier molecular flexibility index (Phi) is 7.22. The van der Waals surface area contributed by atoms with Crippen molar-refractivity contribution in [1.29, 1.82) is 0 Å². The third kappa shape index (κ3) is 4.63. The summed E-state index contributed by atoms with van der Waals surface area (Å²) in [5.41, 5.74) is -1.32. The Bertz CT molecular complexity index is 984. The van der Waals surface area contributed by atoms with Crippen LogP contribution in [0.3, 0.4) is 0 Å². The van der Waals surface area contributed by atoms with E-state index < -0.39 is 29.1 Å². The molecule has 0 aliphatic carbocycles. The van der Waals surface area contributed by atoms with Crippen molar-refractivity contribution in [3.05, 3.63) is 65.7 Å². The number of esters is 2. The summed E-state index contributed by atoms with van der Waals surface area (Å²) in [6, 6.07) is 16.5. The molecule has 0 radical (unpaired) electrons. The molecule has 6 nitrogen and oxygen atoms in total. The quantitative estimate of drug-likeness (QED) is 0.386. The molecule has 0 bridgehead atoms. The molecule has 1 saturated heterocycles. The number of methoxy groups -OCH3 is 1. The minimum atomic E-state index is -1.68. The third-order valence-corrected chi connectivity index (χ3v) is 5.38. The van der Waals surface area contributed by atoms with Crippen LogP contribution in [0.4, 0.5) is 0 Å². The first-order chi connectivity index (χ1) is 15.4. The van der Waals surface area contributed by atoms with Gasteiger partial charge in [0, 0.05) is 12.0 Å². The van der Waals surface area contributed by atoms with E-state index in [2.05, 4.69) is 11.8 Å². The van der Waals surface area contributed by atoms with Crippen molar-refractivity contribution in [2.75, 3.05) is 20.3 Å². The number of carbonyl (C=O) groups is 2. The molecule has 2 aromatic rings. The second-order valence-corrected chi connectivity index (χ2v) is 7.71. The Hall–Kier alpha value is -3.30. The molecule has 2 atom stereocenters. The normalized spacial score (nSPS) is 21.2. The van der Waals surface area contributed by atoms with Crippen LogP contribution in [0.1, 0.15) is 44.4 Å². The van der Waals surface area contributed by atoms with Gasteiger partial charge in [0.25, 0.3) is 0 Å². The average Bonchev–Trinajstić information content (AvgIpc) is 3.14. The summed E-state index contributed by atoms with van der Waals surface area (Å²) in [5, 5.41) is 0. The summed E-state index contributed by atoms with van der Waals surface area (Å²) < 4.78 is 22.3. The van der Waals surface area contributed by atoms with E-state index in [0.29, 0.717) is 11.3 Å². The van der Waals surface area contributed by atoms with Gasteiger partial charge in [-0.15, -0.1) is 0 Å². The second-order valence-electron chi connectivity index (χ2n) is 7.71. The van der Waals surface area contributed by atoms with E-state index in [1.54, 1.807) is 52.1 Å². The highest BCUT2D eigenvalue weighted by Crippen LogP contribution is 2.54. The summed E-state index contributed by atoms with van der Waals surface area (Å²) >= 11 is 0. The van der Waals surface area contributed by atoms with Crippen LogP contribution in [0.5, 0.6) is 5.75 Å². The molecule has 1 fully saturated rings. The van der Waals surface area contributed by atoms with Gasteiger partial charge >= 0.3 is 11.9 Å². The summed E-state index contributed by atoms with van der Waals surface area (Å²) in [6.07, 6.45) is -0.921. The van der Waals surface area contributed by atoms with Gasteiger partial charge in [0.05, 0.1) is 20.3 Å². The van der Waals surface area contributed by atoms with Gasteiger partial charge in [-0.2, -0.15) is 0 Å². The molecule has 32 heavy (non-hydrogen) atoms. The fourth-order valence-corrected chi connectivity index (χ4v) is 3.92. The van der Waals surface area contributed by atoms with Crippen LogP contribution < -0.4 is 4.74 Å². The van der Waals surface area contributed by atoms with Crippen LogP contribution >= 0.6 is 0 Å². The van der Waals surface area contributed by atoms with Gasteiger partial charge in [0.1, 0.15) is 17.5 Å². The lowest BCUT2D eigenvalue weighted by molar-refractivity contribution is -0.177. The van der Waals surface area contributed by atoms with Crippen LogP contribution in [-0.2, 0) is 23.8 Å². The van der Waals surface area contributed by atoms with E-state index >= 15 is 0 Å². The van der Waals surface area contributed by atoms with Crippen LogP contribution in [0.2, 0.25) is 0 Å². The van der Waals surface area contributed by atoms with Gasteiger partial charge in [0.2, 0.25) is 0 Å². The number of hydrogen-bond donors (Lipinski definition) is 0. The molecule has 6 heteroatoms. The number of rotatable bonds is 6. The van der Waals surface area contributed by atoms with Crippen molar-refractivity contribution < 1.29 is 28.5 Å². The lowest BCUT2D eigenvalue weighted by Gasteiger charge is -2.29. The highest BCUT2D eigenvalue weighted by Gasteiger charge is 2.65. The molecule has 168 valence electrons. The number of hydrogen-bond acceptors (Lipinski definition) is 6. The lowest BCUT2D eigenvalue weighted by Crippen LogP contribution is -2.45. The zero-order chi connectivity index (χ0) is 23.2. The smallest absolute Gasteiger partial charge is 0.326 e. The maximum Gasteiger partial charge on any atom is 0.326 e. The Morgan fingerprint density at radius 1 is 1.00 bits per heavy atom. The molecular formula is C26H28O6. The minimum absolute atomic E-state index is 0.00813. The summed E-state index contributed by atoms with van der Waals surface area (Å²) in [4.78, 5) is 26.6. The first-order valence-corrected chi connectivity index (χ1v) is 10.6. The van der Waals surface area contributed by atoms with Crippen molar-refractivity contribution in [3.8, 4) is 17.6 Å². The standard InChI is InChI=1S/C26H28O6/c1-5-30-23(27)26(24(28)31-6-2)18-25(3,17-16-19-10-8-7-9-11-19)32-22(26)20-12-14-21(29-4)15-13-20/h7-15,22H,5-6,18H2,1-4H3/t22-,25-/m1/s1. The highest BCUT2D eigenvalue weighted by atomic mass is 16.6. The lowest BCUT2D eigenvalue weighted by atomic mass is 9.74. The Morgan fingerprint density at radius 3 is 2.12 bits per heavy atom. The summed E-state index contributed by atoms with van der Waals surface area (Å²) in [7, 11) is 1.57. The predicted molar refractivity (Wildman–Crippen MR) is 119 cm³/mol. The molecule has 0 amide bonds. The van der Waals surface area contributed by atoms with E-state index in [-0.39, 0.29) is 19.6 Å². The fourth-order valence-electron chi connectivity index (χ4n) is 3.92. The van der Waals surface area contributed by atoms with Gasteiger partial charge in [-0.05, 0) is 50.6 Å². The number of ether oxygens (including phenoxy) is 4. The predicted octanol–water partition coefficient (Wildman–Crippen LogP) is 4.08. The second kappa shape index (κ2) is 9.88. The van der Waals surface area contributed by atoms with Crippen molar-refractivity contribution in [2.45, 2.75) is 38.9 Å². The molecule has 1 heterocycles. The van der Waals surface area contributed by atoms with E-state index in [1.165, 1.54) is 0 Å². The first kappa shape index (κ1) is 23.4. The van der Waals surface area contributed by atoms with Crippen molar-refractivity contribution in [3.63, 3.8) is 0 Å². The third-order valence-electron chi connectivity index (χ3n) is 5.38.